The van der Waals surface area contributed by atoms with E-state index in [1.54, 1.807) is 0 Å². The Morgan fingerprint density at radius 3 is 1.81 bits per heavy atom. The molecular formula is C16H30ClNO3. The van der Waals surface area contributed by atoms with Crippen LogP contribution >= 0.6 is 11.8 Å². The molecule has 124 valence electrons. The molecule has 0 saturated heterocycles. The van der Waals surface area contributed by atoms with E-state index >= 15 is 0 Å². The van der Waals surface area contributed by atoms with E-state index in [0.29, 0.717) is 6.54 Å². The normalized spacial score (nSPS) is 10.6. The van der Waals surface area contributed by atoms with Crippen molar-refractivity contribution in [1.82, 2.24) is 4.42 Å². The molecule has 0 radical (unpaired) electrons. The number of unbranched alkanes of at least 4 members (excludes halogenated alkanes) is 9. The van der Waals surface area contributed by atoms with E-state index in [9.17, 15) is 9.59 Å². The third kappa shape index (κ3) is 13.9. The highest BCUT2D eigenvalue weighted by atomic mass is 35.5. The summed E-state index contributed by atoms with van der Waals surface area (Å²) < 4.78 is 1.13. The van der Waals surface area contributed by atoms with E-state index < -0.39 is 5.97 Å². The first-order valence-corrected chi connectivity index (χ1v) is 8.59. The summed E-state index contributed by atoms with van der Waals surface area (Å²) in [5.41, 5.74) is 0. The van der Waals surface area contributed by atoms with Gasteiger partial charge in [-0.3, -0.25) is 14.0 Å². The van der Waals surface area contributed by atoms with Gasteiger partial charge in [0.05, 0.1) is 6.42 Å². The highest BCUT2D eigenvalue weighted by Gasteiger charge is 2.12. The van der Waals surface area contributed by atoms with Gasteiger partial charge >= 0.3 is 5.97 Å². The van der Waals surface area contributed by atoms with Crippen molar-refractivity contribution in [2.45, 2.75) is 84.0 Å². The predicted molar refractivity (Wildman–Crippen MR) is 86.3 cm³/mol. The Morgan fingerprint density at radius 1 is 0.857 bits per heavy atom. The second kappa shape index (κ2) is 14.2. The van der Waals surface area contributed by atoms with E-state index in [1.807, 2.05) is 0 Å². The summed E-state index contributed by atoms with van der Waals surface area (Å²) in [6, 6.07) is 0. The Kier molecular flexibility index (Phi) is 13.7. The number of amides is 1. The van der Waals surface area contributed by atoms with Gasteiger partial charge in [0.15, 0.2) is 0 Å². The molecule has 0 unspecified atom stereocenters. The van der Waals surface area contributed by atoms with Crippen molar-refractivity contribution in [1.29, 1.82) is 0 Å². The molecule has 4 nitrogen and oxygen atoms in total. The molecule has 5 heteroatoms. The average Bonchev–Trinajstić information content (AvgIpc) is 2.46. The van der Waals surface area contributed by atoms with Crippen LogP contribution in [0.2, 0.25) is 0 Å². The van der Waals surface area contributed by atoms with Crippen molar-refractivity contribution >= 4 is 23.7 Å². The van der Waals surface area contributed by atoms with Gasteiger partial charge in [-0.25, -0.2) is 0 Å². The third-order valence-electron chi connectivity index (χ3n) is 3.53. The molecule has 0 aliphatic heterocycles. The van der Waals surface area contributed by atoms with Gasteiger partial charge in [0.2, 0.25) is 5.91 Å². The van der Waals surface area contributed by atoms with Crippen LogP contribution in [0.25, 0.3) is 0 Å². The molecule has 0 heterocycles. The van der Waals surface area contributed by atoms with Crippen molar-refractivity contribution in [3.63, 3.8) is 0 Å². The lowest BCUT2D eigenvalue weighted by atomic mass is 10.1. The maximum absolute atomic E-state index is 11.5. The van der Waals surface area contributed by atoms with Crippen LogP contribution in [-0.2, 0) is 9.59 Å². The minimum atomic E-state index is -0.965. The minimum Gasteiger partial charge on any atom is -0.481 e. The number of carbonyl (C=O) groups is 2. The number of rotatable bonds is 14. The summed E-state index contributed by atoms with van der Waals surface area (Å²) in [6.45, 7) is 2.74. The smallest absolute Gasteiger partial charge is 0.303 e. The lowest BCUT2D eigenvalue weighted by Crippen LogP contribution is -2.23. The van der Waals surface area contributed by atoms with E-state index in [0.717, 1.165) is 17.3 Å². The molecule has 1 amide bonds. The third-order valence-corrected chi connectivity index (χ3v) is 3.89. The molecule has 0 saturated carbocycles. The number of hydrogen-bond donors (Lipinski definition) is 1. The van der Waals surface area contributed by atoms with Gasteiger partial charge in [0.1, 0.15) is 0 Å². The van der Waals surface area contributed by atoms with Crippen molar-refractivity contribution in [2.24, 2.45) is 0 Å². The lowest BCUT2D eigenvalue weighted by Gasteiger charge is -2.13. The predicted octanol–water partition coefficient (Wildman–Crippen LogP) is 4.75. The summed E-state index contributed by atoms with van der Waals surface area (Å²) in [5, 5.41) is 8.49. The summed E-state index contributed by atoms with van der Waals surface area (Å²) in [5.74, 6) is -1.26. The molecule has 0 aromatic rings. The van der Waals surface area contributed by atoms with Crippen LogP contribution in [0.1, 0.15) is 84.0 Å². The molecule has 0 spiro atoms. The molecule has 0 rings (SSSR count). The van der Waals surface area contributed by atoms with Gasteiger partial charge in [-0.15, -0.1) is 0 Å². The Morgan fingerprint density at radius 2 is 1.33 bits per heavy atom. The van der Waals surface area contributed by atoms with Crippen LogP contribution in [-0.4, -0.2) is 27.9 Å². The van der Waals surface area contributed by atoms with Gasteiger partial charge in [0, 0.05) is 24.7 Å². The zero-order valence-electron chi connectivity index (χ0n) is 13.3. The Bertz CT molecular complexity index is 285. The fourth-order valence-electron chi connectivity index (χ4n) is 2.20. The second-order valence-electron chi connectivity index (χ2n) is 5.56. The van der Waals surface area contributed by atoms with Crippen LogP contribution in [0.3, 0.4) is 0 Å². The largest absolute Gasteiger partial charge is 0.481 e. The van der Waals surface area contributed by atoms with E-state index in [2.05, 4.69) is 6.92 Å². The van der Waals surface area contributed by atoms with Gasteiger partial charge in [-0.05, 0) is 6.42 Å². The fraction of sp³-hybridized carbons (Fsp3) is 0.875. The molecule has 0 fully saturated rings. The molecule has 21 heavy (non-hydrogen) atoms. The van der Waals surface area contributed by atoms with Gasteiger partial charge in [-0.1, -0.05) is 64.7 Å². The zero-order chi connectivity index (χ0) is 15.9. The number of carboxylic acids is 1. The highest BCUT2D eigenvalue weighted by molar-refractivity contribution is 6.21. The number of nitrogens with zero attached hydrogens (tertiary/aromatic N) is 1. The zero-order valence-corrected chi connectivity index (χ0v) is 14.0. The van der Waals surface area contributed by atoms with Crippen molar-refractivity contribution in [3.8, 4) is 0 Å². The summed E-state index contributed by atoms with van der Waals surface area (Å²) >= 11 is 5.82. The number of halogens is 1. The Hall–Kier alpha value is -0.770. The summed E-state index contributed by atoms with van der Waals surface area (Å²) in [4.78, 5) is 21.8. The van der Waals surface area contributed by atoms with Crippen LogP contribution in [0.15, 0.2) is 0 Å². The summed E-state index contributed by atoms with van der Waals surface area (Å²) in [6.07, 6.45) is 12.2. The Balaban J connectivity index is 3.33. The molecule has 0 aliphatic carbocycles. The highest BCUT2D eigenvalue weighted by Crippen LogP contribution is 2.11. The Labute approximate surface area is 134 Å². The average molecular weight is 320 g/mol. The standard InChI is InChI=1S/C16H30ClNO3/c1-2-3-4-5-6-7-8-9-10-11-14-18(17)15(19)12-13-16(20)21/h2-14H2,1H3,(H,20,21). The molecule has 0 bridgehead atoms. The van der Waals surface area contributed by atoms with Gasteiger partial charge < -0.3 is 5.11 Å². The van der Waals surface area contributed by atoms with E-state index in [-0.39, 0.29) is 18.7 Å². The van der Waals surface area contributed by atoms with Crippen molar-refractivity contribution in [3.05, 3.63) is 0 Å². The monoisotopic (exact) mass is 319 g/mol. The topological polar surface area (TPSA) is 57.6 Å². The number of carbonyl (C=O) groups excluding carboxylic acids is 1. The molecule has 0 aromatic heterocycles. The lowest BCUT2D eigenvalue weighted by molar-refractivity contribution is -0.139. The number of hydrogen-bond acceptors (Lipinski definition) is 2. The first kappa shape index (κ1) is 20.2. The molecule has 1 N–H and O–H groups in total. The van der Waals surface area contributed by atoms with Crippen LogP contribution < -0.4 is 0 Å². The quantitative estimate of drug-likeness (QED) is 0.371. The minimum absolute atomic E-state index is 0.0173. The second-order valence-corrected chi connectivity index (χ2v) is 5.96. The van der Waals surface area contributed by atoms with Crippen molar-refractivity contribution in [2.75, 3.05) is 6.54 Å². The van der Waals surface area contributed by atoms with Crippen molar-refractivity contribution < 1.29 is 14.7 Å². The number of carboxylic acid groups (broad SMARTS) is 1. The first-order chi connectivity index (χ1) is 10.1. The number of aliphatic carboxylic acids is 1. The van der Waals surface area contributed by atoms with Crippen LogP contribution in [0.5, 0.6) is 0 Å². The molecule has 0 aliphatic rings. The van der Waals surface area contributed by atoms with Crippen LogP contribution in [0.4, 0.5) is 0 Å². The van der Waals surface area contributed by atoms with Gasteiger partial charge in [0.25, 0.3) is 0 Å². The molecule has 0 atom stereocenters. The fourth-order valence-corrected chi connectivity index (χ4v) is 2.40. The molecule has 0 aromatic carbocycles. The first-order valence-electron chi connectivity index (χ1n) is 8.25. The summed E-state index contributed by atoms with van der Waals surface area (Å²) in [7, 11) is 0. The molecular weight excluding hydrogens is 290 g/mol. The van der Waals surface area contributed by atoms with Crippen LogP contribution in [0, 0.1) is 0 Å². The maximum Gasteiger partial charge on any atom is 0.303 e. The van der Waals surface area contributed by atoms with E-state index in [1.165, 1.54) is 51.4 Å². The maximum atomic E-state index is 11.5. The van der Waals surface area contributed by atoms with Gasteiger partial charge in [-0.2, -0.15) is 0 Å². The SMILES string of the molecule is CCCCCCCCCCCCN(Cl)C(=O)CCC(=O)O. The van der Waals surface area contributed by atoms with E-state index in [4.69, 9.17) is 16.9 Å².